The summed E-state index contributed by atoms with van der Waals surface area (Å²) >= 11 is 1.60. The molecule has 2 bridgehead atoms. The maximum atomic E-state index is 14.7. The molecule has 128 valence electrons. The van der Waals surface area contributed by atoms with Gasteiger partial charge in [0.25, 0.3) is 0 Å². The molecule has 6 rings (SSSR count). The Morgan fingerprint density at radius 2 is 1.88 bits per heavy atom. The number of nitrogens with one attached hydrogen (secondary N) is 1. The molecule has 0 saturated carbocycles. The number of aromatic amines is 1. The van der Waals surface area contributed by atoms with Crippen molar-refractivity contribution in [1.82, 2.24) is 9.88 Å². The van der Waals surface area contributed by atoms with Gasteiger partial charge >= 0.3 is 0 Å². The van der Waals surface area contributed by atoms with Gasteiger partial charge in [-0.25, -0.2) is 4.39 Å². The highest BCUT2D eigenvalue weighted by molar-refractivity contribution is 7.99. The smallest absolute Gasteiger partial charge is 0.111 e. The van der Waals surface area contributed by atoms with Crippen molar-refractivity contribution < 1.29 is 4.39 Å². The van der Waals surface area contributed by atoms with Crippen molar-refractivity contribution in [2.24, 2.45) is 5.92 Å². The lowest BCUT2D eigenvalue weighted by Gasteiger charge is -2.41. The summed E-state index contributed by atoms with van der Waals surface area (Å²) in [7, 11) is 0. The lowest BCUT2D eigenvalue weighted by atomic mass is 9.83. The first-order valence-corrected chi connectivity index (χ1v) is 9.99. The molecule has 4 heterocycles. The second kappa shape index (κ2) is 6.19. The van der Waals surface area contributed by atoms with Crippen LogP contribution in [0.2, 0.25) is 0 Å². The predicted molar refractivity (Wildman–Crippen MR) is 104 cm³/mol. The Kier molecular flexibility index (Phi) is 3.83. The summed E-state index contributed by atoms with van der Waals surface area (Å²) in [5.74, 6) is 1.05. The summed E-state index contributed by atoms with van der Waals surface area (Å²) in [6.45, 7) is 3.13. The Hall–Kier alpha value is -1.78. The van der Waals surface area contributed by atoms with Crippen molar-refractivity contribution >= 4 is 33.6 Å². The van der Waals surface area contributed by atoms with Gasteiger partial charge in [0, 0.05) is 33.2 Å². The zero-order valence-electron chi connectivity index (χ0n) is 14.1. The molecule has 2 aromatic carbocycles. The van der Waals surface area contributed by atoms with Gasteiger partial charge in [0.15, 0.2) is 0 Å². The number of halogens is 1. The van der Waals surface area contributed by atoms with Crippen LogP contribution in [-0.2, 0) is 0 Å². The van der Waals surface area contributed by atoms with E-state index >= 15 is 0 Å². The fourth-order valence-electron chi connectivity index (χ4n) is 4.28. The minimum Gasteiger partial charge on any atom is -0.354 e. The lowest BCUT2D eigenvalue weighted by Crippen LogP contribution is -2.43. The van der Waals surface area contributed by atoms with Crippen LogP contribution in [0.3, 0.4) is 0 Å². The first-order chi connectivity index (χ1) is 12.3. The van der Waals surface area contributed by atoms with E-state index < -0.39 is 0 Å². The third kappa shape index (κ3) is 2.77. The van der Waals surface area contributed by atoms with Crippen molar-refractivity contribution in [1.29, 1.82) is 0 Å². The van der Waals surface area contributed by atoms with Crippen LogP contribution in [0.5, 0.6) is 0 Å². The number of H-pyrrole nitrogens is 1. The molecule has 3 aliphatic rings. The van der Waals surface area contributed by atoms with Crippen molar-refractivity contribution in [2.45, 2.75) is 17.7 Å². The highest BCUT2D eigenvalue weighted by Gasteiger charge is 2.31. The first-order valence-electron chi connectivity index (χ1n) is 9.01. The number of thioether (sulfide) groups is 1. The van der Waals surface area contributed by atoms with Gasteiger partial charge < -0.3 is 4.98 Å². The third-order valence-corrected chi connectivity index (χ3v) is 6.65. The topological polar surface area (TPSA) is 19.0 Å². The van der Waals surface area contributed by atoms with Crippen molar-refractivity contribution in [2.75, 3.05) is 25.4 Å². The van der Waals surface area contributed by atoms with Crippen LogP contribution in [0.25, 0.3) is 21.8 Å². The van der Waals surface area contributed by atoms with Gasteiger partial charge in [-0.2, -0.15) is 0 Å². The van der Waals surface area contributed by atoms with E-state index in [9.17, 15) is 4.39 Å². The number of piperidine rings is 3. The Labute approximate surface area is 151 Å². The van der Waals surface area contributed by atoms with Crippen molar-refractivity contribution in [3.05, 3.63) is 53.9 Å². The Bertz CT molecular complexity index is 966. The maximum Gasteiger partial charge on any atom is 0.111 e. The van der Waals surface area contributed by atoms with Crippen LogP contribution < -0.4 is 0 Å². The zero-order valence-corrected chi connectivity index (χ0v) is 14.9. The SMILES string of the molecule is F/C(CSc1ccc2c(c1)[nH]c1ccccc12)=C1\CN2CCC1CC2. The maximum absolute atomic E-state index is 14.7. The van der Waals surface area contributed by atoms with Gasteiger partial charge in [-0.3, -0.25) is 4.90 Å². The van der Waals surface area contributed by atoms with E-state index in [0.29, 0.717) is 11.7 Å². The first kappa shape index (κ1) is 15.5. The molecular weight excluding hydrogens is 331 g/mol. The number of benzene rings is 2. The zero-order chi connectivity index (χ0) is 16.8. The molecule has 25 heavy (non-hydrogen) atoms. The summed E-state index contributed by atoms with van der Waals surface area (Å²) in [6, 6.07) is 14.8. The number of aromatic nitrogens is 1. The van der Waals surface area contributed by atoms with Crippen molar-refractivity contribution in [3.8, 4) is 0 Å². The molecule has 2 nitrogen and oxygen atoms in total. The van der Waals surface area contributed by atoms with Gasteiger partial charge in [-0.15, -0.1) is 11.8 Å². The molecular formula is C21H21FN2S. The molecule has 3 aromatic rings. The van der Waals surface area contributed by atoms with Crippen LogP contribution in [0, 0.1) is 5.92 Å². The Morgan fingerprint density at radius 1 is 1.08 bits per heavy atom. The monoisotopic (exact) mass is 352 g/mol. The fourth-order valence-corrected chi connectivity index (χ4v) is 5.12. The van der Waals surface area contributed by atoms with Crippen molar-refractivity contribution in [3.63, 3.8) is 0 Å². The molecule has 0 spiro atoms. The Morgan fingerprint density at radius 3 is 2.68 bits per heavy atom. The number of hydrogen-bond donors (Lipinski definition) is 1. The quantitative estimate of drug-likeness (QED) is 0.640. The number of nitrogens with zero attached hydrogens (tertiary/aromatic N) is 1. The van der Waals surface area contributed by atoms with Crippen LogP contribution in [0.4, 0.5) is 4.39 Å². The van der Waals surface area contributed by atoms with Gasteiger partial charge in [-0.05, 0) is 55.6 Å². The lowest BCUT2D eigenvalue weighted by molar-refractivity contribution is 0.157. The summed E-state index contributed by atoms with van der Waals surface area (Å²) in [6.07, 6.45) is 2.27. The molecule has 3 aliphatic heterocycles. The molecule has 1 N–H and O–H groups in total. The summed E-state index contributed by atoms with van der Waals surface area (Å²) in [5.41, 5.74) is 3.35. The highest BCUT2D eigenvalue weighted by Crippen LogP contribution is 2.36. The van der Waals surface area contributed by atoms with Gasteiger partial charge in [0.05, 0.1) is 5.75 Å². The minimum absolute atomic E-state index is 0.108. The molecule has 1 aromatic heterocycles. The van der Waals surface area contributed by atoms with Crippen LogP contribution in [0.15, 0.2) is 58.8 Å². The molecule has 0 atom stereocenters. The molecule has 0 amide bonds. The number of hydrogen-bond acceptors (Lipinski definition) is 2. The summed E-state index contributed by atoms with van der Waals surface area (Å²) in [4.78, 5) is 6.97. The third-order valence-electron chi connectivity index (χ3n) is 5.67. The van der Waals surface area contributed by atoms with Gasteiger partial charge in [-0.1, -0.05) is 24.3 Å². The normalized spacial score (nSPS) is 25.0. The van der Waals surface area contributed by atoms with Gasteiger partial charge in [0.1, 0.15) is 5.83 Å². The predicted octanol–water partition coefficient (Wildman–Crippen LogP) is 5.36. The van der Waals surface area contributed by atoms with E-state index in [4.69, 9.17) is 0 Å². The van der Waals surface area contributed by atoms with E-state index in [1.54, 1.807) is 11.8 Å². The van der Waals surface area contributed by atoms with E-state index in [1.165, 1.54) is 10.8 Å². The summed E-state index contributed by atoms with van der Waals surface area (Å²) in [5, 5.41) is 2.48. The largest absolute Gasteiger partial charge is 0.354 e. The van der Waals surface area contributed by atoms with E-state index in [2.05, 4.69) is 46.3 Å². The van der Waals surface area contributed by atoms with E-state index in [1.807, 2.05) is 6.07 Å². The highest BCUT2D eigenvalue weighted by atomic mass is 32.2. The molecule has 3 saturated heterocycles. The van der Waals surface area contributed by atoms with Crippen LogP contribution in [0.1, 0.15) is 12.8 Å². The summed E-state index contributed by atoms with van der Waals surface area (Å²) < 4.78 is 14.7. The minimum atomic E-state index is 0.108. The van der Waals surface area contributed by atoms with E-state index in [-0.39, 0.29) is 5.83 Å². The Balaban J connectivity index is 1.38. The van der Waals surface area contributed by atoms with E-state index in [0.717, 1.165) is 54.0 Å². The molecule has 4 heteroatoms. The van der Waals surface area contributed by atoms with Crippen LogP contribution >= 0.6 is 11.8 Å². The standard InChI is InChI=1S/C21H21FN2S/c22-19(18-12-24-9-7-14(18)8-10-24)13-25-15-5-6-17-16-3-1-2-4-20(16)23-21(17)11-15/h1-6,11,14,23H,7-10,12-13H2/b19-18+. The molecule has 0 unspecified atom stereocenters. The second-order valence-corrected chi connectivity index (χ2v) is 8.20. The van der Waals surface area contributed by atoms with Gasteiger partial charge in [0.2, 0.25) is 0 Å². The second-order valence-electron chi connectivity index (χ2n) is 7.15. The molecule has 0 aliphatic carbocycles. The number of para-hydroxylation sites is 1. The number of fused-ring (bicyclic) bond motifs is 6. The average Bonchev–Trinajstić information content (AvgIpc) is 3.04. The fraction of sp³-hybridized carbons (Fsp3) is 0.333. The average molecular weight is 352 g/mol. The number of rotatable bonds is 3. The molecule has 3 fully saturated rings. The van der Waals surface area contributed by atoms with Crippen LogP contribution in [-0.4, -0.2) is 35.3 Å². The molecule has 0 radical (unpaired) electrons.